The van der Waals surface area contributed by atoms with Crippen LogP contribution in [0, 0.1) is 0 Å². The number of nitrogens with zero attached hydrogens (tertiary/aromatic N) is 1. The van der Waals surface area contributed by atoms with Crippen molar-refractivity contribution < 1.29 is 25.2 Å². The molecule has 78 valence electrons. The Morgan fingerprint density at radius 2 is 2.21 bits per heavy atom. The summed E-state index contributed by atoms with van der Waals surface area (Å²) in [6.07, 6.45) is -2.81. The van der Waals surface area contributed by atoms with E-state index in [1.54, 1.807) is 0 Å². The first-order chi connectivity index (χ1) is 6.57. The van der Waals surface area contributed by atoms with Crippen LogP contribution in [0.3, 0.4) is 0 Å². The van der Waals surface area contributed by atoms with Gasteiger partial charge in [-0.1, -0.05) is 0 Å². The van der Waals surface area contributed by atoms with Crippen LogP contribution in [0.5, 0.6) is 0 Å². The van der Waals surface area contributed by atoms with Crippen molar-refractivity contribution in [1.82, 2.24) is 4.98 Å². The largest absolute Gasteiger partial charge is 0.476 e. The first-order valence-corrected chi connectivity index (χ1v) is 4.59. The van der Waals surface area contributed by atoms with E-state index in [9.17, 15) is 9.90 Å². The number of hydrogen-bond donors (Lipinski definition) is 4. The van der Waals surface area contributed by atoms with Crippen LogP contribution in [0.4, 0.5) is 0 Å². The number of carboxylic acids is 1. The molecule has 0 aliphatic rings. The van der Waals surface area contributed by atoms with Gasteiger partial charge in [-0.2, -0.15) is 0 Å². The van der Waals surface area contributed by atoms with Crippen LogP contribution in [-0.4, -0.2) is 44.1 Å². The number of aliphatic hydroxyl groups excluding tert-OH is 3. The van der Waals surface area contributed by atoms with Gasteiger partial charge in [0.2, 0.25) is 0 Å². The monoisotopic (exact) mass is 219 g/mol. The third-order valence-electron chi connectivity index (χ3n) is 1.62. The predicted molar refractivity (Wildman–Crippen MR) is 47.1 cm³/mol. The van der Waals surface area contributed by atoms with Gasteiger partial charge in [-0.3, -0.25) is 0 Å². The Balaban J connectivity index is 2.94. The average Bonchev–Trinajstić information content (AvgIpc) is 2.63. The molecule has 0 aliphatic heterocycles. The van der Waals surface area contributed by atoms with E-state index in [-0.39, 0.29) is 10.6 Å². The zero-order valence-corrected chi connectivity index (χ0v) is 7.81. The molecule has 1 aromatic rings. The number of aromatic nitrogens is 1. The molecule has 0 spiro atoms. The molecular weight excluding hydrogens is 210 g/mol. The molecule has 4 N–H and O–H groups in total. The number of rotatable bonds is 4. The fourth-order valence-corrected chi connectivity index (χ4v) is 1.72. The van der Waals surface area contributed by atoms with E-state index < -0.39 is 24.8 Å². The second kappa shape index (κ2) is 4.47. The van der Waals surface area contributed by atoms with Crippen molar-refractivity contribution in [1.29, 1.82) is 0 Å². The van der Waals surface area contributed by atoms with Crippen molar-refractivity contribution in [3.63, 3.8) is 0 Å². The van der Waals surface area contributed by atoms with E-state index in [0.717, 1.165) is 11.3 Å². The minimum absolute atomic E-state index is 0.0408. The molecule has 1 rings (SSSR count). The number of thiazole rings is 1. The Bertz CT molecular complexity index is 326. The Labute approximate surface area is 83.1 Å². The van der Waals surface area contributed by atoms with Crippen LogP contribution in [0.1, 0.15) is 21.5 Å². The predicted octanol–water partition coefficient (Wildman–Crippen LogP) is -0.772. The van der Waals surface area contributed by atoms with Gasteiger partial charge in [0.1, 0.15) is 12.2 Å². The Morgan fingerprint density at radius 3 is 2.71 bits per heavy atom. The molecule has 14 heavy (non-hydrogen) atoms. The molecular formula is C7H9NO5S. The minimum atomic E-state index is -1.42. The zero-order valence-electron chi connectivity index (χ0n) is 6.99. The number of hydrogen-bond acceptors (Lipinski definition) is 6. The molecule has 7 heteroatoms. The van der Waals surface area contributed by atoms with Crippen molar-refractivity contribution in [2.24, 2.45) is 0 Å². The molecule has 1 aromatic heterocycles. The molecule has 0 aliphatic carbocycles. The van der Waals surface area contributed by atoms with Crippen LogP contribution in [-0.2, 0) is 0 Å². The van der Waals surface area contributed by atoms with Gasteiger partial charge in [-0.15, -0.1) is 11.3 Å². The van der Waals surface area contributed by atoms with Gasteiger partial charge in [0.05, 0.1) is 17.0 Å². The fraction of sp³-hybridized carbons (Fsp3) is 0.429. The molecule has 0 aromatic carbocycles. The molecule has 0 saturated carbocycles. The van der Waals surface area contributed by atoms with Crippen LogP contribution in [0.25, 0.3) is 0 Å². The highest BCUT2D eigenvalue weighted by Crippen LogP contribution is 2.24. The second-order valence-electron chi connectivity index (χ2n) is 2.57. The normalized spacial score (nSPS) is 15.1. The lowest BCUT2D eigenvalue weighted by molar-refractivity contribution is -0.0141. The summed E-state index contributed by atoms with van der Waals surface area (Å²) in [5, 5.41) is 35.7. The van der Waals surface area contributed by atoms with Gasteiger partial charge in [-0.05, 0) is 0 Å². The van der Waals surface area contributed by atoms with Crippen molar-refractivity contribution in [3.8, 4) is 0 Å². The molecule has 0 bridgehead atoms. The van der Waals surface area contributed by atoms with Crippen molar-refractivity contribution >= 4 is 17.3 Å². The standard InChI is InChI=1S/C7H9NO5S/c9-1-3(10)5(11)6-4(7(12)13)8-2-14-6/h2-3,5,9-11H,1H2,(H,12,13). The van der Waals surface area contributed by atoms with Crippen molar-refractivity contribution in [3.05, 3.63) is 16.1 Å². The van der Waals surface area contributed by atoms with E-state index in [4.69, 9.17) is 15.3 Å². The summed E-state index contributed by atoms with van der Waals surface area (Å²) >= 11 is 0.917. The summed E-state index contributed by atoms with van der Waals surface area (Å²) in [6.45, 7) is -0.641. The third-order valence-corrected chi connectivity index (χ3v) is 2.52. The summed E-state index contributed by atoms with van der Waals surface area (Å²) in [4.78, 5) is 14.1. The first kappa shape index (κ1) is 11.1. The Hall–Kier alpha value is -1.02. The lowest BCUT2D eigenvalue weighted by Crippen LogP contribution is -2.22. The van der Waals surface area contributed by atoms with Crippen LogP contribution < -0.4 is 0 Å². The topological polar surface area (TPSA) is 111 Å². The van der Waals surface area contributed by atoms with Crippen LogP contribution in [0.15, 0.2) is 5.51 Å². The van der Waals surface area contributed by atoms with Crippen LogP contribution in [0.2, 0.25) is 0 Å². The highest BCUT2D eigenvalue weighted by atomic mass is 32.1. The van der Waals surface area contributed by atoms with Gasteiger partial charge in [0, 0.05) is 0 Å². The molecule has 0 saturated heterocycles. The van der Waals surface area contributed by atoms with Gasteiger partial charge in [0.25, 0.3) is 0 Å². The molecule has 2 atom stereocenters. The summed E-state index contributed by atoms with van der Waals surface area (Å²) in [5.74, 6) is -1.27. The maximum atomic E-state index is 10.6. The highest BCUT2D eigenvalue weighted by molar-refractivity contribution is 7.10. The van der Waals surface area contributed by atoms with Gasteiger partial charge in [-0.25, -0.2) is 9.78 Å². The van der Waals surface area contributed by atoms with Gasteiger partial charge < -0.3 is 20.4 Å². The Morgan fingerprint density at radius 1 is 1.57 bits per heavy atom. The number of aromatic carboxylic acids is 1. The van der Waals surface area contributed by atoms with E-state index in [2.05, 4.69) is 4.98 Å². The Kier molecular flexibility index (Phi) is 3.53. The van der Waals surface area contributed by atoms with Gasteiger partial charge >= 0.3 is 5.97 Å². The van der Waals surface area contributed by atoms with E-state index in [1.807, 2.05) is 0 Å². The maximum absolute atomic E-state index is 10.6. The average molecular weight is 219 g/mol. The van der Waals surface area contributed by atoms with Gasteiger partial charge in [0.15, 0.2) is 5.69 Å². The van der Waals surface area contributed by atoms with E-state index in [1.165, 1.54) is 5.51 Å². The number of aliphatic hydroxyl groups is 3. The van der Waals surface area contributed by atoms with Crippen LogP contribution >= 0.6 is 11.3 Å². The second-order valence-corrected chi connectivity index (χ2v) is 3.45. The SMILES string of the molecule is O=C(O)c1ncsc1C(O)C(O)CO. The maximum Gasteiger partial charge on any atom is 0.355 e. The summed E-state index contributed by atoms with van der Waals surface area (Å²) < 4.78 is 0. The number of carboxylic acid groups (broad SMARTS) is 1. The molecule has 1 heterocycles. The highest BCUT2D eigenvalue weighted by Gasteiger charge is 2.25. The summed E-state index contributed by atoms with van der Waals surface area (Å²) in [5.41, 5.74) is 0.960. The molecule has 6 nitrogen and oxygen atoms in total. The molecule has 2 unspecified atom stereocenters. The smallest absolute Gasteiger partial charge is 0.355 e. The zero-order chi connectivity index (χ0) is 10.7. The molecule has 0 amide bonds. The van der Waals surface area contributed by atoms with Crippen molar-refractivity contribution in [2.45, 2.75) is 12.2 Å². The summed E-state index contributed by atoms with van der Waals surface area (Å²) in [6, 6.07) is 0. The third kappa shape index (κ3) is 2.07. The minimum Gasteiger partial charge on any atom is -0.476 e. The van der Waals surface area contributed by atoms with Crippen molar-refractivity contribution in [2.75, 3.05) is 6.61 Å². The quantitative estimate of drug-likeness (QED) is 0.529. The van der Waals surface area contributed by atoms with E-state index >= 15 is 0 Å². The lowest BCUT2D eigenvalue weighted by atomic mass is 10.1. The fourth-order valence-electron chi connectivity index (χ4n) is 0.900. The number of carbonyl (C=O) groups is 1. The summed E-state index contributed by atoms with van der Waals surface area (Å²) in [7, 11) is 0. The molecule has 0 radical (unpaired) electrons. The molecule has 0 fully saturated rings. The lowest BCUT2D eigenvalue weighted by Gasteiger charge is -2.13. The van der Waals surface area contributed by atoms with E-state index in [0.29, 0.717) is 0 Å². The first-order valence-electron chi connectivity index (χ1n) is 3.71.